The van der Waals surface area contributed by atoms with Crippen molar-refractivity contribution >= 4 is 15.9 Å². The topological polar surface area (TPSA) is 35.2 Å². The highest BCUT2D eigenvalue weighted by Gasteiger charge is 2.28. The molecule has 1 heterocycles. The Kier molecular flexibility index (Phi) is 3.52. The van der Waals surface area contributed by atoms with E-state index in [9.17, 15) is 4.39 Å². The van der Waals surface area contributed by atoms with E-state index < -0.39 is 0 Å². The van der Waals surface area contributed by atoms with Crippen molar-refractivity contribution in [2.24, 2.45) is 5.73 Å². The van der Waals surface area contributed by atoms with Crippen LogP contribution in [-0.4, -0.2) is 0 Å². The molecule has 2 atom stereocenters. The van der Waals surface area contributed by atoms with Gasteiger partial charge in [-0.2, -0.15) is 0 Å². The Morgan fingerprint density at radius 1 is 1.20 bits per heavy atom. The summed E-state index contributed by atoms with van der Waals surface area (Å²) in [7, 11) is 0. The summed E-state index contributed by atoms with van der Waals surface area (Å²) in [6, 6.07) is 10.7. The molecule has 4 heteroatoms. The number of hydrogen-bond acceptors (Lipinski definition) is 2. The Morgan fingerprint density at radius 3 is 2.80 bits per heavy atom. The van der Waals surface area contributed by atoms with Crippen molar-refractivity contribution in [3.05, 3.63) is 63.4 Å². The summed E-state index contributed by atoms with van der Waals surface area (Å²) >= 11 is 3.37. The van der Waals surface area contributed by atoms with Crippen molar-refractivity contribution in [3.63, 3.8) is 0 Å². The summed E-state index contributed by atoms with van der Waals surface area (Å²) in [5, 5.41) is 0. The van der Waals surface area contributed by atoms with E-state index in [1.165, 1.54) is 6.07 Å². The maximum atomic E-state index is 14.0. The van der Waals surface area contributed by atoms with E-state index in [1.807, 2.05) is 25.1 Å². The highest BCUT2D eigenvalue weighted by molar-refractivity contribution is 9.10. The summed E-state index contributed by atoms with van der Waals surface area (Å²) in [5.41, 5.74) is 8.90. The molecule has 2 N–H and O–H groups in total. The SMILES string of the molecule is Cc1ccc2c(c1)C(N)CC(c1cc(Br)ccc1F)O2. The highest BCUT2D eigenvalue weighted by Crippen LogP contribution is 2.41. The van der Waals surface area contributed by atoms with Crippen LogP contribution in [0.1, 0.15) is 35.3 Å². The smallest absolute Gasteiger partial charge is 0.130 e. The molecule has 0 bridgehead atoms. The number of rotatable bonds is 1. The molecule has 2 nitrogen and oxygen atoms in total. The summed E-state index contributed by atoms with van der Waals surface area (Å²) in [5.74, 6) is 0.486. The number of aryl methyl sites for hydroxylation is 1. The second-order valence-electron chi connectivity index (χ2n) is 5.16. The van der Waals surface area contributed by atoms with Crippen LogP contribution in [0.3, 0.4) is 0 Å². The number of halogens is 2. The Hall–Kier alpha value is -1.39. The summed E-state index contributed by atoms with van der Waals surface area (Å²) in [6.07, 6.45) is 0.224. The quantitative estimate of drug-likeness (QED) is 0.837. The van der Waals surface area contributed by atoms with Crippen LogP contribution in [0.2, 0.25) is 0 Å². The van der Waals surface area contributed by atoms with Gasteiger partial charge in [0, 0.05) is 28.1 Å². The standard InChI is InChI=1S/C16H15BrFNO/c1-9-2-5-15-12(6-9)14(19)8-16(20-15)11-7-10(17)3-4-13(11)18/h2-7,14,16H,8,19H2,1H3. The van der Waals surface area contributed by atoms with Gasteiger partial charge in [0.1, 0.15) is 17.7 Å². The van der Waals surface area contributed by atoms with Crippen LogP contribution in [0.15, 0.2) is 40.9 Å². The average molecular weight is 336 g/mol. The molecule has 2 unspecified atom stereocenters. The van der Waals surface area contributed by atoms with E-state index in [0.29, 0.717) is 12.0 Å². The zero-order chi connectivity index (χ0) is 14.3. The van der Waals surface area contributed by atoms with Crippen molar-refractivity contribution in [1.82, 2.24) is 0 Å². The van der Waals surface area contributed by atoms with Gasteiger partial charge in [0.05, 0.1) is 0 Å². The van der Waals surface area contributed by atoms with Gasteiger partial charge in [-0.15, -0.1) is 0 Å². The van der Waals surface area contributed by atoms with Gasteiger partial charge >= 0.3 is 0 Å². The first kappa shape index (κ1) is 13.6. The molecule has 1 aliphatic heterocycles. The number of ether oxygens (including phenoxy) is 1. The first-order valence-electron chi connectivity index (χ1n) is 6.52. The number of nitrogens with two attached hydrogens (primary N) is 1. The minimum Gasteiger partial charge on any atom is -0.485 e. The molecule has 0 fully saturated rings. The van der Waals surface area contributed by atoms with Gasteiger partial charge in [-0.05, 0) is 31.2 Å². The average Bonchev–Trinajstić information content (AvgIpc) is 2.42. The predicted molar refractivity (Wildman–Crippen MR) is 80.2 cm³/mol. The van der Waals surface area contributed by atoms with E-state index in [2.05, 4.69) is 15.9 Å². The molecule has 0 amide bonds. The largest absolute Gasteiger partial charge is 0.485 e. The highest BCUT2D eigenvalue weighted by atomic mass is 79.9. The third kappa shape index (κ3) is 2.45. The van der Waals surface area contributed by atoms with Crippen LogP contribution in [0.5, 0.6) is 5.75 Å². The Balaban J connectivity index is 1.99. The fourth-order valence-corrected chi connectivity index (χ4v) is 2.95. The predicted octanol–water partition coefficient (Wildman–Crippen LogP) is 4.42. The first-order valence-corrected chi connectivity index (χ1v) is 7.31. The lowest BCUT2D eigenvalue weighted by Crippen LogP contribution is -2.24. The van der Waals surface area contributed by atoms with Crippen molar-refractivity contribution in [1.29, 1.82) is 0 Å². The summed E-state index contributed by atoms with van der Waals surface area (Å²) in [6.45, 7) is 2.02. The van der Waals surface area contributed by atoms with Gasteiger partial charge in [0.15, 0.2) is 0 Å². The van der Waals surface area contributed by atoms with E-state index in [0.717, 1.165) is 21.3 Å². The lowest BCUT2D eigenvalue weighted by atomic mass is 9.92. The van der Waals surface area contributed by atoms with Crippen molar-refractivity contribution < 1.29 is 9.13 Å². The second kappa shape index (κ2) is 5.19. The molecular weight excluding hydrogens is 321 g/mol. The fraction of sp³-hybridized carbons (Fsp3) is 0.250. The molecule has 0 radical (unpaired) electrons. The van der Waals surface area contributed by atoms with Crippen molar-refractivity contribution in [3.8, 4) is 5.75 Å². The normalized spacial score (nSPS) is 21.2. The van der Waals surface area contributed by atoms with E-state index >= 15 is 0 Å². The summed E-state index contributed by atoms with van der Waals surface area (Å²) in [4.78, 5) is 0. The van der Waals surface area contributed by atoms with Crippen LogP contribution < -0.4 is 10.5 Å². The van der Waals surface area contributed by atoms with E-state index in [4.69, 9.17) is 10.5 Å². The molecule has 0 spiro atoms. The number of hydrogen-bond donors (Lipinski definition) is 1. The molecular formula is C16H15BrFNO. The van der Waals surface area contributed by atoms with E-state index in [1.54, 1.807) is 12.1 Å². The monoisotopic (exact) mass is 335 g/mol. The van der Waals surface area contributed by atoms with Crippen molar-refractivity contribution in [2.75, 3.05) is 0 Å². The Labute approximate surface area is 125 Å². The lowest BCUT2D eigenvalue weighted by Gasteiger charge is -2.31. The minimum absolute atomic E-state index is 0.137. The Bertz CT molecular complexity index is 659. The van der Waals surface area contributed by atoms with Crippen LogP contribution >= 0.6 is 15.9 Å². The maximum absolute atomic E-state index is 14.0. The molecule has 2 aromatic rings. The van der Waals surface area contributed by atoms with Gasteiger partial charge < -0.3 is 10.5 Å². The molecule has 0 saturated carbocycles. The molecule has 1 aliphatic rings. The van der Waals surface area contributed by atoms with Crippen LogP contribution in [0.4, 0.5) is 4.39 Å². The first-order chi connectivity index (χ1) is 9.54. The van der Waals surface area contributed by atoms with Crippen molar-refractivity contribution in [2.45, 2.75) is 25.5 Å². The summed E-state index contributed by atoms with van der Waals surface area (Å²) < 4.78 is 20.8. The number of fused-ring (bicyclic) bond motifs is 1. The zero-order valence-electron chi connectivity index (χ0n) is 11.1. The van der Waals surface area contributed by atoms with Gasteiger partial charge in [0.25, 0.3) is 0 Å². The third-order valence-corrected chi connectivity index (χ3v) is 4.10. The molecule has 104 valence electrons. The molecule has 20 heavy (non-hydrogen) atoms. The molecule has 0 saturated heterocycles. The zero-order valence-corrected chi connectivity index (χ0v) is 12.7. The molecule has 3 rings (SSSR count). The second-order valence-corrected chi connectivity index (χ2v) is 6.07. The van der Waals surface area contributed by atoms with Gasteiger partial charge in [0.2, 0.25) is 0 Å². The fourth-order valence-electron chi connectivity index (χ4n) is 2.58. The molecule has 0 aromatic heterocycles. The number of benzene rings is 2. The third-order valence-electron chi connectivity index (χ3n) is 3.61. The van der Waals surface area contributed by atoms with Gasteiger partial charge in [-0.3, -0.25) is 0 Å². The molecule has 2 aromatic carbocycles. The Morgan fingerprint density at radius 2 is 2.00 bits per heavy atom. The van der Waals surface area contributed by atoms with Gasteiger partial charge in [-0.25, -0.2) is 4.39 Å². The van der Waals surface area contributed by atoms with Crippen LogP contribution in [0.25, 0.3) is 0 Å². The lowest BCUT2D eigenvalue weighted by molar-refractivity contribution is 0.157. The van der Waals surface area contributed by atoms with Crippen LogP contribution in [0, 0.1) is 12.7 Å². The van der Waals surface area contributed by atoms with Crippen LogP contribution in [-0.2, 0) is 0 Å². The van der Waals surface area contributed by atoms with Gasteiger partial charge in [-0.1, -0.05) is 33.6 Å². The van der Waals surface area contributed by atoms with E-state index in [-0.39, 0.29) is 18.0 Å². The molecule has 0 aliphatic carbocycles. The maximum Gasteiger partial charge on any atom is 0.130 e. The minimum atomic E-state index is -0.349.